The quantitative estimate of drug-likeness (QED) is 0.617. The topological polar surface area (TPSA) is 66.5 Å². The fourth-order valence-electron chi connectivity index (χ4n) is 3.13. The van der Waals surface area contributed by atoms with Crippen molar-refractivity contribution in [1.82, 2.24) is 10.2 Å². The summed E-state index contributed by atoms with van der Waals surface area (Å²) in [7, 11) is 0. The van der Waals surface area contributed by atoms with Gasteiger partial charge >= 0.3 is 0 Å². The van der Waals surface area contributed by atoms with Crippen LogP contribution in [0.15, 0.2) is 54.6 Å². The molecular weight excluding hydrogens is 328 g/mol. The van der Waals surface area contributed by atoms with Crippen LogP contribution in [0, 0.1) is 0 Å². The monoisotopic (exact) mass is 350 g/mol. The minimum Gasteiger partial charge on any atom is -0.354 e. The summed E-state index contributed by atoms with van der Waals surface area (Å²) in [6.45, 7) is 2.11. The molecule has 0 saturated carbocycles. The van der Waals surface area contributed by atoms with Crippen molar-refractivity contribution in [3.05, 3.63) is 71.3 Å². The number of imide groups is 1. The van der Waals surface area contributed by atoms with E-state index in [1.165, 1.54) is 5.56 Å². The van der Waals surface area contributed by atoms with E-state index in [4.69, 9.17) is 0 Å². The summed E-state index contributed by atoms with van der Waals surface area (Å²) in [5.41, 5.74) is 2.00. The first-order valence-corrected chi connectivity index (χ1v) is 8.88. The summed E-state index contributed by atoms with van der Waals surface area (Å²) < 4.78 is 0. The third-order valence-electron chi connectivity index (χ3n) is 4.63. The molecule has 5 heteroatoms. The molecule has 0 aromatic heterocycles. The van der Waals surface area contributed by atoms with Gasteiger partial charge in [-0.05, 0) is 43.9 Å². The minimum atomic E-state index is -0.823. The van der Waals surface area contributed by atoms with Gasteiger partial charge in [-0.15, -0.1) is 0 Å². The average molecular weight is 350 g/mol. The van der Waals surface area contributed by atoms with Gasteiger partial charge in [-0.1, -0.05) is 42.5 Å². The largest absolute Gasteiger partial charge is 0.354 e. The highest BCUT2D eigenvalue weighted by molar-refractivity contribution is 6.22. The highest BCUT2D eigenvalue weighted by atomic mass is 16.2. The number of carbonyl (C=O) groups is 3. The third kappa shape index (κ3) is 3.67. The van der Waals surface area contributed by atoms with Gasteiger partial charge in [0.2, 0.25) is 5.91 Å². The van der Waals surface area contributed by atoms with E-state index in [0.29, 0.717) is 17.7 Å². The van der Waals surface area contributed by atoms with E-state index in [0.717, 1.165) is 24.2 Å². The van der Waals surface area contributed by atoms with Gasteiger partial charge in [0, 0.05) is 6.54 Å². The summed E-state index contributed by atoms with van der Waals surface area (Å²) in [6, 6.07) is 16.0. The summed E-state index contributed by atoms with van der Waals surface area (Å²) in [5.74, 6) is -1.12. The Labute approximate surface area is 153 Å². The molecule has 26 heavy (non-hydrogen) atoms. The first-order chi connectivity index (χ1) is 12.6. The minimum absolute atomic E-state index is 0.306. The van der Waals surface area contributed by atoms with E-state index in [2.05, 4.69) is 17.4 Å². The summed E-state index contributed by atoms with van der Waals surface area (Å²) in [4.78, 5) is 38.2. The number of hydrogen-bond donors (Lipinski definition) is 1. The Balaban J connectivity index is 1.48. The van der Waals surface area contributed by atoms with Gasteiger partial charge in [-0.2, -0.15) is 0 Å². The maximum Gasteiger partial charge on any atom is 0.262 e. The zero-order valence-corrected chi connectivity index (χ0v) is 14.8. The summed E-state index contributed by atoms with van der Waals surface area (Å²) >= 11 is 0. The van der Waals surface area contributed by atoms with Crippen molar-refractivity contribution in [3.8, 4) is 0 Å². The number of aryl methyl sites for hydroxylation is 1. The molecule has 0 saturated heterocycles. The van der Waals surface area contributed by atoms with E-state index in [1.54, 1.807) is 31.2 Å². The Kier molecular flexibility index (Phi) is 5.46. The molecule has 1 N–H and O–H groups in total. The smallest absolute Gasteiger partial charge is 0.262 e. The molecule has 5 nitrogen and oxygen atoms in total. The maximum absolute atomic E-state index is 12.4. The molecule has 0 fully saturated rings. The molecule has 0 spiro atoms. The molecule has 134 valence electrons. The van der Waals surface area contributed by atoms with Crippen molar-refractivity contribution in [2.75, 3.05) is 6.54 Å². The summed E-state index contributed by atoms with van der Waals surface area (Å²) in [6.07, 6.45) is 2.77. The van der Waals surface area contributed by atoms with Crippen molar-refractivity contribution >= 4 is 17.7 Å². The fourth-order valence-corrected chi connectivity index (χ4v) is 3.13. The molecule has 1 unspecified atom stereocenters. The summed E-state index contributed by atoms with van der Waals surface area (Å²) in [5, 5.41) is 2.83. The Morgan fingerprint density at radius 2 is 1.50 bits per heavy atom. The van der Waals surface area contributed by atoms with Gasteiger partial charge in [0.05, 0.1) is 11.1 Å². The van der Waals surface area contributed by atoms with Gasteiger partial charge in [0.25, 0.3) is 11.8 Å². The van der Waals surface area contributed by atoms with Gasteiger partial charge in [0.1, 0.15) is 6.04 Å². The van der Waals surface area contributed by atoms with Crippen molar-refractivity contribution in [2.45, 2.75) is 32.2 Å². The molecule has 1 atom stereocenters. The van der Waals surface area contributed by atoms with Crippen LogP contribution in [0.2, 0.25) is 0 Å². The molecule has 1 aliphatic heterocycles. The van der Waals surface area contributed by atoms with Crippen LogP contribution in [0.3, 0.4) is 0 Å². The van der Waals surface area contributed by atoms with Crippen LogP contribution in [-0.4, -0.2) is 35.2 Å². The molecule has 3 rings (SSSR count). The van der Waals surface area contributed by atoms with Crippen LogP contribution in [-0.2, 0) is 11.2 Å². The lowest BCUT2D eigenvalue weighted by atomic mass is 10.1. The Hall–Kier alpha value is -2.95. The van der Waals surface area contributed by atoms with E-state index in [9.17, 15) is 14.4 Å². The van der Waals surface area contributed by atoms with Crippen molar-refractivity contribution in [1.29, 1.82) is 0 Å². The third-order valence-corrected chi connectivity index (χ3v) is 4.63. The van der Waals surface area contributed by atoms with Gasteiger partial charge in [-0.3, -0.25) is 19.3 Å². The number of hydrogen-bond acceptors (Lipinski definition) is 3. The molecule has 2 aromatic rings. The van der Waals surface area contributed by atoms with Crippen LogP contribution >= 0.6 is 0 Å². The van der Waals surface area contributed by atoms with Gasteiger partial charge in [0.15, 0.2) is 0 Å². The predicted octanol–water partition coefficient (Wildman–Crippen LogP) is 2.81. The molecule has 0 radical (unpaired) electrons. The average Bonchev–Trinajstić information content (AvgIpc) is 2.92. The normalized spacial score (nSPS) is 14.3. The highest BCUT2D eigenvalue weighted by Gasteiger charge is 2.40. The lowest BCUT2D eigenvalue weighted by Crippen LogP contribution is -2.48. The van der Waals surface area contributed by atoms with E-state index >= 15 is 0 Å². The standard InChI is InChI=1S/C21H22N2O3/c1-15(23-20(25)17-12-5-6-13-18(17)21(23)26)19(24)22-14-8-7-11-16-9-3-2-4-10-16/h2-6,9-10,12-13,15H,7-8,11,14H2,1H3,(H,22,24). The Morgan fingerprint density at radius 1 is 0.923 bits per heavy atom. The number of amides is 3. The van der Waals surface area contributed by atoms with Crippen LogP contribution in [0.4, 0.5) is 0 Å². The predicted molar refractivity (Wildman–Crippen MR) is 98.8 cm³/mol. The maximum atomic E-state index is 12.4. The SMILES string of the molecule is CC(C(=O)NCCCCc1ccccc1)N1C(=O)c2ccccc2C1=O. The molecule has 1 heterocycles. The number of nitrogens with one attached hydrogen (secondary N) is 1. The molecule has 0 bridgehead atoms. The second-order valence-corrected chi connectivity index (χ2v) is 6.44. The van der Waals surface area contributed by atoms with Gasteiger partial charge in [-0.25, -0.2) is 0 Å². The van der Waals surface area contributed by atoms with Crippen LogP contribution in [0.1, 0.15) is 46.0 Å². The highest BCUT2D eigenvalue weighted by Crippen LogP contribution is 2.24. The van der Waals surface area contributed by atoms with E-state index in [1.807, 2.05) is 18.2 Å². The first-order valence-electron chi connectivity index (χ1n) is 8.88. The lowest BCUT2D eigenvalue weighted by molar-refractivity contribution is -0.124. The molecular formula is C21H22N2O3. The zero-order valence-electron chi connectivity index (χ0n) is 14.8. The number of carbonyl (C=O) groups excluding carboxylic acids is 3. The second kappa shape index (κ2) is 7.95. The Morgan fingerprint density at radius 3 is 2.12 bits per heavy atom. The fraction of sp³-hybridized carbons (Fsp3) is 0.286. The molecule has 2 aromatic carbocycles. The number of benzene rings is 2. The number of rotatable bonds is 7. The second-order valence-electron chi connectivity index (χ2n) is 6.44. The number of fused-ring (bicyclic) bond motifs is 1. The van der Waals surface area contributed by atoms with Crippen LogP contribution in [0.25, 0.3) is 0 Å². The molecule has 0 aliphatic carbocycles. The molecule has 1 aliphatic rings. The lowest BCUT2D eigenvalue weighted by Gasteiger charge is -2.21. The van der Waals surface area contributed by atoms with Crippen LogP contribution in [0.5, 0.6) is 0 Å². The van der Waals surface area contributed by atoms with Crippen molar-refractivity contribution < 1.29 is 14.4 Å². The van der Waals surface area contributed by atoms with Crippen molar-refractivity contribution in [2.24, 2.45) is 0 Å². The van der Waals surface area contributed by atoms with Gasteiger partial charge < -0.3 is 5.32 Å². The van der Waals surface area contributed by atoms with E-state index < -0.39 is 17.9 Å². The first kappa shape index (κ1) is 17.9. The number of unbranched alkanes of at least 4 members (excludes halogenated alkanes) is 1. The zero-order chi connectivity index (χ0) is 18.5. The molecule has 3 amide bonds. The van der Waals surface area contributed by atoms with E-state index in [-0.39, 0.29) is 5.91 Å². The number of nitrogens with zero attached hydrogens (tertiary/aromatic N) is 1. The van der Waals surface area contributed by atoms with Crippen LogP contribution < -0.4 is 5.32 Å². The van der Waals surface area contributed by atoms with Crippen molar-refractivity contribution in [3.63, 3.8) is 0 Å². The Bertz CT molecular complexity index is 782.